The van der Waals surface area contributed by atoms with Gasteiger partial charge in [0.1, 0.15) is 5.01 Å². The number of carbonyl (C=O) groups is 1. The maximum atomic E-state index is 11.8. The van der Waals surface area contributed by atoms with Crippen LogP contribution in [0.4, 0.5) is 0 Å². The summed E-state index contributed by atoms with van der Waals surface area (Å²) in [4.78, 5) is 14.2. The molecule has 3 heterocycles. The lowest BCUT2D eigenvalue weighted by Gasteiger charge is -2.31. The van der Waals surface area contributed by atoms with E-state index in [4.69, 9.17) is 4.74 Å². The number of ether oxygens (including phenoxy) is 1. The molecule has 0 aromatic carbocycles. The molecule has 19 heavy (non-hydrogen) atoms. The average molecular weight is 282 g/mol. The molecular weight excluding hydrogens is 264 g/mol. The highest BCUT2D eigenvalue weighted by molar-refractivity contribution is 7.13. The number of nitrogens with one attached hydrogen (secondary N) is 1. The molecule has 3 rings (SSSR count). The molecule has 0 radical (unpaired) electrons. The molecule has 2 saturated heterocycles. The minimum absolute atomic E-state index is 0.123. The molecule has 1 aromatic heterocycles. The van der Waals surface area contributed by atoms with Gasteiger partial charge in [-0.3, -0.25) is 9.69 Å². The topological polar surface area (TPSA) is 67.4 Å². The summed E-state index contributed by atoms with van der Waals surface area (Å²) in [5.41, 5.74) is 0. The number of amides is 1. The number of fused-ring (bicyclic) bond motifs is 2. The SMILES string of the molecule is Cc1nnc(C(=O)NCCN2CC3CCC(C2)O3)s1. The van der Waals surface area contributed by atoms with Crippen molar-refractivity contribution in [1.29, 1.82) is 0 Å². The van der Waals surface area contributed by atoms with Crippen molar-refractivity contribution in [2.45, 2.75) is 32.0 Å². The number of hydrogen-bond acceptors (Lipinski definition) is 6. The van der Waals surface area contributed by atoms with Gasteiger partial charge in [-0.05, 0) is 19.8 Å². The average Bonchev–Trinajstić information content (AvgIpc) is 2.96. The molecule has 7 heteroatoms. The molecule has 2 bridgehead atoms. The smallest absolute Gasteiger partial charge is 0.282 e. The summed E-state index contributed by atoms with van der Waals surface area (Å²) < 4.78 is 5.78. The minimum Gasteiger partial charge on any atom is -0.372 e. The number of aromatic nitrogens is 2. The fourth-order valence-electron chi connectivity index (χ4n) is 2.67. The standard InChI is InChI=1S/C12H18N4O2S/c1-8-14-15-12(19-8)11(17)13-4-5-16-6-9-2-3-10(7-16)18-9/h9-10H,2-7H2,1H3,(H,13,17). The van der Waals surface area contributed by atoms with E-state index in [0.717, 1.165) is 24.6 Å². The molecule has 1 amide bonds. The van der Waals surface area contributed by atoms with Crippen LogP contribution in [0.15, 0.2) is 0 Å². The second-order valence-electron chi connectivity index (χ2n) is 5.10. The maximum Gasteiger partial charge on any atom is 0.282 e. The van der Waals surface area contributed by atoms with Gasteiger partial charge in [0.05, 0.1) is 12.2 Å². The molecule has 104 valence electrons. The van der Waals surface area contributed by atoms with Gasteiger partial charge in [0.2, 0.25) is 5.01 Å². The van der Waals surface area contributed by atoms with Crippen LogP contribution < -0.4 is 5.32 Å². The van der Waals surface area contributed by atoms with Crippen LogP contribution in [0.25, 0.3) is 0 Å². The number of rotatable bonds is 4. The third kappa shape index (κ3) is 3.10. The van der Waals surface area contributed by atoms with Crippen LogP contribution in [-0.4, -0.2) is 59.4 Å². The number of likely N-dealkylation sites (tertiary alicyclic amines) is 1. The van der Waals surface area contributed by atoms with Crippen molar-refractivity contribution in [2.75, 3.05) is 26.2 Å². The fraction of sp³-hybridized carbons (Fsp3) is 0.750. The van der Waals surface area contributed by atoms with Gasteiger partial charge in [-0.1, -0.05) is 11.3 Å². The third-order valence-electron chi connectivity index (χ3n) is 3.55. The van der Waals surface area contributed by atoms with E-state index in [2.05, 4.69) is 20.4 Å². The number of hydrogen-bond donors (Lipinski definition) is 1. The Morgan fingerprint density at radius 3 is 2.79 bits per heavy atom. The van der Waals surface area contributed by atoms with Crippen molar-refractivity contribution < 1.29 is 9.53 Å². The van der Waals surface area contributed by atoms with E-state index < -0.39 is 0 Å². The van der Waals surface area contributed by atoms with E-state index >= 15 is 0 Å². The Labute approximate surface area is 116 Å². The Kier molecular flexibility index (Phi) is 3.76. The Bertz CT molecular complexity index is 452. The van der Waals surface area contributed by atoms with Crippen molar-refractivity contribution in [3.05, 3.63) is 10.0 Å². The molecule has 2 aliphatic rings. The monoisotopic (exact) mass is 282 g/mol. The second kappa shape index (κ2) is 5.52. The van der Waals surface area contributed by atoms with Gasteiger partial charge in [-0.25, -0.2) is 0 Å². The van der Waals surface area contributed by atoms with E-state index in [1.165, 1.54) is 24.2 Å². The van der Waals surface area contributed by atoms with E-state index in [-0.39, 0.29) is 5.91 Å². The Balaban J connectivity index is 1.42. The number of nitrogens with zero attached hydrogens (tertiary/aromatic N) is 3. The summed E-state index contributed by atoms with van der Waals surface area (Å²) in [5, 5.41) is 11.8. The summed E-state index contributed by atoms with van der Waals surface area (Å²) in [6.07, 6.45) is 3.16. The maximum absolute atomic E-state index is 11.8. The predicted octanol–water partition coefficient (Wildman–Crippen LogP) is 0.440. The summed E-state index contributed by atoms with van der Waals surface area (Å²) >= 11 is 1.32. The van der Waals surface area contributed by atoms with Gasteiger partial charge in [-0.2, -0.15) is 0 Å². The van der Waals surface area contributed by atoms with Crippen molar-refractivity contribution in [3.8, 4) is 0 Å². The molecule has 2 unspecified atom stereocenters. The van der Waals surface area contributed by atoms with E-state index in [0.29, 0.717) is 23.8 Å². The lowest BCUT2D eigenvalue weighted by molar-refractivity contribution is -0.0375. The second-order valence-corrected chi connectivity index (χ2v) is 6.28. The highest BCUT2D eigenvalue weighted by Gasteiger charge is 2.33. The number of morpholine rings is 1. The Morgan fingerprint density at radius 1 is 1.42 bits per heavy atom. The number of aryl methyl sites for hydroxylation is 1. The summed E-state index contributed by atoms with van der Waals surface area (Å²) in [5.74, 6) is -0.123. The first-order valence-corrected chi connectivity index (χ1v) is 7.48. The molecule has 0 aliphatic carbocycles. The Morgan fingerprint density at radius 2 is 2.16 bits per heavy atom. The molecule has 1 N–H and O–H groups in total. The van der Waals surface area contributed by atoms with Crippen LogP contribution in [0, 0.1) is 6.92 Å². The van der Waals surface area contributed by atoms with Gasteiger partial charge in [0, 0.05) is 26.2 Å². The molecule has 1 aromatic rings. The molecule has 2 atom stereocenters. The van der Waals surface area contributed by atoms with Crippen molar-refractivity contribution >= 4 is 17.2 Å². The molecule has 2 aliphatic heterocycles. The first-order valence-electron chi connectivity index (χ1n) is 6.67. The lowest BCUT2D eigenvalue weighted by Crippen LogP contribution is -2.45. The highest BCUT2D eigenvalue weighted by Crippen LogP contribution is 2.25. The van der Waals surface area contributed by atoms with Gasteiger partial charge < -0.3 is 10.1 Å². The quantitative estimate of drug-likeness (QED) is 0.868. The van der Waals surface area contributed by atoms with Crippen molar-refractivity contribution in [1.82, 2.24) is 20.4 Å². The van der Waals surface area contributed by atoms with Crippen LogP contribution in [0.1, 0.15) is 27.7 Å². The summed E-state index contributed by atoms with van der Waals surface area (Å²) in [6, 6.07) is 0. The van der Waals surface area contributed by atoms with Crippen LogP contribution in [0.5, 0.6) is 0 Å². The van der Waals surface area contributed by atoms with Crippen LogP contribution in [0.3, 0.4) is 0 Å². The molecule has 2 fully saturated rings. The van der Waals surface area contributed by atoms with E-state index in [1.54, 1.807) is 0 Å². The molecule has 0 saturated carbocycles. The van der Waals surface area contributed by atoms with Gasteiger partial charge in [-0.15, -0.1) is 10.2 Å². The zero-order valence-corrected chi connectivity index (χ0v) is 11.8. The molecule has 0 spiro atoms. The first kappa shape index (κ1) is 13.0. The molecule has 6 nitrogen and oxygen atoms in total. The fourth-order valence-corrected chi connectivity index (χ4v) is 3.28. The normalized spacial score (nSPS) is 26.6. The summed E-state index contributed by atoms with van der Waals surface area (Å²) in [7, 11) is 0. The molecular formula is C12H18N4O2S. The predicted molar refractivity (Wildman–Crippen MR) is 71.3 cm³/mol. The minimum atomic E-state index is -0.123. The van der Waals surface area contributed by atoms with Gasteiger partial charge in [0.15, 0.2) is 0 Å². The van der Waals surface area contributed by atoms with Gasteiger partial charge in [0.25, 0.3) is 5.91 Å². The number of carbonyl (C=O) groups excluding carboxylic acids is 1. The lowest BCUT2D eigenvalue weighted by atomic mass is 10.2. The van der Waals surface area contributed by atoms with E-state index in [1.807, 2.05) is 6.92 Å². The van der Waals surface area contributed by atoms with Gasteiger partial charge >= 0.3 is 0 Å². The van der Waals surface area contributed by atoms with E-state index in [9.17, 15) is 4.79 Å². The van der Waals surface area contributed by atoms with Crippen molar-refractivity contribution in [2.24, 2.45) is 0 Å². The third-order valence-corrected chi connectivity index (χ3v) is 4.39. The van der Waals surface area contributed by atoms with Crippen LogP contribution in [-0.2, 0) is 4.74 Å². The van der Waals surface area contributed by atoms with Crippen LogP contribution in [0.2, 0.25) is 0 Å². The first-order chi connectivity index (χ1) is 9.20. The summed E-state index contributed by atoms with van der Waals surface area (Å²) in [6.45, 7) is 5.35. The Hall–Kier alpha value is -1.05. The highest BCUT2D eigenvalue weighted by atomic mass is 32.1. The largest absolute Gasteiger partial charge is 0.372 e. The zero-order chi connectivity index (χ0) is 13.2. The van der Waals surface area contributed by atoms with Crippen molar-refractivity contribution in [3.63, 3.8) is 0 Å². The zero-order valence-electron chi connectivity index (χ0n) is 11.0. The van der Waals surface area contributed by atoms with Crippen LogP contribution >= 0.6 is 11.3 Å².